The zero-order chi connectivity index (χ0) is 33.3. The summed E-state index contributed by atoms with van der Waals surface area (Å²) in [6.07, 6.45) is 6.87. The Bertz CT molecular complexity index is 2070. The van der Waals surface area contributed by atoms with Crippen molar-refractivity contribution in [2.45, 2.75) is 63.7 Å². The minimum Gasteiger partial charge on any atom is -0.494 e. The number of carbonyl (C=O) groups is 2. The summed E-state index contributed by atoms with van der Waals surface area (Å²) in [4.78, 5) is 43.0. The van der Waals surface area contributed by atoms with Gasteiger partial charge >= 0.3 is 0 Å². The molecule has 12 heteroatoms. The van der Waals surface area contributed by atoms with E-state index in [1.807, 2.05) is 47.7 Å². The molecule has 0 radical (unpaired) electrons. The summed E-state index contributed by atoms with van der Waals surface area (Å²) >= 11 is 5.90. The van der Waals surface area contributed by atoms with Gasteiger partial charge in [0.05, 0.1) is 35.6 Å². The molecule has 3 N–H and O–H groups in total. The Labute approximate surface area is 283 Å². The van der Waals surface area contributed by atoms with Crippen molar-refractivity contribution in [3.05, 3.63) is 70.6 Å². The van der Waals surface area contributed by atoms with Crippen LogP contribution >= 0.6 is 11.6 Å². The van der Waals surface area contributed by atoms with Gasteiger partial charge in [-0.3, -0.25) is 9.59 Å². The Kier molecular flexibility index (Phi) is 7.64. The lowest BCUT2D eigenvalue weighted by molar-refractivity contribution is 0.0603. The van der Waals surface area contributed by atoms with Gasteiger partial charge in [-0.1, -0.05) is 11.6 Å². The molecular formula is C36H39ClN8O3. The van der Waals surface area contributed by atoms with Crippen molar-refractivity contribution >= 4 is 45.5 Å². The first-order valence-electron chi connectivity index (χ1n) is 16.7. The first kappa shape index (κ1) is 30.8. The Morgan fingerprint density at radius 1 is 1.08 bits per heavy atom. The summed E-state index contributed by atoms with van der Waals surface area (Å²) in [5.74, 6) is 2.19. The Balaban J connectivity index is 1.16. The molecule has 3 fully saturated rings. The molecule has 48 heavy (non-hydrogen) atoms. The third-order valence-electron chi connectivity index (χ3n) is 10.5. The number of carbonyl (C=O) groups excluding carboxylic acids is 2. The summed E-state index contributed by atoms with van der Waals surface area (Å²) in [7, 11) is 3.62. The molecule has 1 saturated heterocycles. The van der Waals surface area contributed by atoms with Crippen LogP contribution in [0.1, 0.15) is 71.5 Å². The molecule has 2 saturated carbocycles. The van der Waals surface area contributed by atoms with E-state index in [2.05, 4.69) is 20.9 Å². The lowest BCUT2D eigenvalue weighted by Gasteiger charge is -2.37. The normalized spacial score (nSPS) is 21.2. The van der Waals surface area contributed by atoms with Gasteiger partial charge in [-0.2, -0.15) is 0 Å². The molecule has 2 amide bonds. The maximum absolute atomic E-state index is 13.9. The van der Waals surface area contributed by atoms with Gasteiger partial charge in [-0.05, 0) is 93.3 Å². The van der Waals surface area contributed by atoms with Crippen molar-refractivity contribution in [2.24, 2.45) is 24.6 Å². The summed E-state index contributed by atoms with van der Waals surface area (Å²) in [6, 6.07) is 13.0. The van der Waals surface area contributed by atoms with Crippen LogP contribution in [-0.2, 0) is 13.6 Å². The lowest BCUT2D eigenvalue weighted by Crippen LogP contribution is -2.51. The maximum Gasteiger partial charge on any atom is 0.254 e. The first-order chi connectivity index (χ1) is 23.2. The fraction of sp³-hybridized carbons (Fsp3) is 0.417. The smallest absolute Gasteiger partial charge is 0.254 e. The summed E-state index contributed by atoms with van der Waals surface area (Å²) in [5.41, 5.74) is 11.5. The molecule has 2 bridgehead atoms. The number of rotatable bonds is 8. The van der Waals surface area contributed by atoms with E-state index in [0.29, 0.717) is 45.9 Å². The van der Waals surface area contributed by atoms with Crippen LogP contribution in [0.2, 0.25) is 5.15 Å². The van der Waals surface area contributed by atoms with E-state index in [9.17, 15) is 9.59 Å². The number of methoxy groups -OCH3 is 1. The van der Waals surface area contributed by atoms with E-state index >= 15 is 0 Å². The molecule has 11 nitrogen and oxygen atoms in total. The van der Waals surface area contributed by atoms with Gasteiger partial charge in [-0.25, -0.2) is 15.0 Å². The highest BCUT2D eigenvalue weighted by Gasteiger charge is 2.41. The molecule has 1 aliphatic heterocycles. The van der Waals surface area contributed by atoms with Crippen LogP contribution in [0.15, 0.2) is 48.7 Å². The Morgan fingerprint density at radius 3 is 2.67 bits per heavy atom. The van der Waals surface area contributed by atoms with Crippen molar-refractivity contribution in [3.8, 4) is 17.3 Å². The fourth-order valence-electron chi connectivity index (χ4n) is 7.60. The quantitative estimate of drug-likeness (QED) is 0.209. The second kappa shape index (κ2) is 11.9. The number of nitrogens with one attached hydrogen (secondary N) is 1. The van der Waals surface area contributed by atoms with Crippen molar-refractivity contribution in [1.82, 2.24) is 34.3 Å². The lowest BCUT2D eigenvalue weighted by atomic mass is 9.94. The van der Waals surface area contributed by atoms with Crippen LogP contribution in [0, 0.1) is 11.8 Å². The number of imidazole rings is 1. The molecular weight excluding hydrogens is 628 g/mol. The fourth-order valence-corrected chi connectivity index (χ4v) is 7.71. The standard InChI is InChI=1S/C36H39ClN8O3/c1-19(40-35(46)23-8-11-31(37)39-16-23)27-10-7-22-14-29(45(33(22)41-27)17-20-4-5-20)34-42-28-13-24(15-30(48-3)32(28)43(34)2)36(47)44-18-26(38)21-6-9-25(44)12-21/h7-8,10-11,13-16,19-21,25-26H,4-6,9,12,17-18,38H2,1-3H3,(H,40,46)/t19-,21+,25-,26+/m1/s1. The van der Waals surface area contributed by atoms with Gasteiger partial charge in [-0.15, -0.1) is 0 Å². The van der Waals surface area contributed by atoms with E-state index in [1.54, 1.807) is 19.2 Å². The zero-order valence-electron chi connectivity index (χ0n) is 27.3. The van der Waals surface area contributed by atoms with Crippen LogP contribution in [0.3, 0.4) is 0 Å². The number of ether oxygens (including phenoxy) is 1. The molecule has 5 heterocycles. The van der Waals surface area contributed by atoms with E-state index < -0.39 is 0 Å². The van der Waals surface area contributed by atoms with Crippen molar-refractivity contribution in [2.75, 3.05) is 13.7 Å². The molecule has 3 aliphatic rings. The molecule has 8 rings (SSSR count). The molecule has 0 unspecified atom stereocenters. The SMILES string of the molecule is COc1cc(C(=O)N2C[C@H](N)[C@H]3CC[C@@H]2C3)cc2nc(-c3cc4ccc([C@@H](C)NC(=O)c5ccc(Cl)nc5)nc4n3CC3CC3)n(C)c12. The van der Waals surface area contributed by atoms with E-state index in [4.69, 9.17) is 32.0 Å². The third-order valence-corrected chi connectivity index (χ3v) is 10.7. The van der Waals surface area contributed by atoms with Crippen molar-refractivity contribution < 1.29 is 14.3 Å². The highest BCUT2D eigenvalue weighted by Crippen LogP contribution is 2.40. The number of hydrogen-bond acceptors (Lipinski definition) is 7. The molecule has 1 aromatic carbocycles. The predicted molar refractivity (Wildman–Crippen MR) is 184 cm³/mol. The van der Waals surface area contributed by atoms with E-state index in [-0.39, 0.29) is 29.9 Å². The average Bonchev–Trinajstić information content (AvgIpc) is 3.55. The Hall–Kier alpha value is -4.48. The number of aromatic nitrogens is 5. The number of halogens is 1. The summed E-state index contributed by atoms with van der Waals surface area (Å²) in [6.45, 7) is 3.32. The highest BCUT2D eigenvalue weighted by atomic mass is 35.5. The number of aryl methyl sites for hydroxylation is 1. The van der Waals surface area contributed by atoms with Crippen molar-refractivity contribution in [1.29, 1.82) is 0 Å². The van der Waals surface area contributed by atoms with E-state index in [0.717, 1.165) is 59.6 Å². The molecule has 0 spiro atoms. The number of fused-ring (bicyclic) bond motifs is 4. The number of nitrogens with two attached hydrogens (primary N) is 1. The molecule has 2 aliphatic carbocycles. The summed E-state index contributed by atoms with van der Waals surface area (Å²) in [5, 5.41) is 4.36. The number of benzene rings is 1. The maximum atomic E-state index is 13.9. The predicted octanol–water partition coefficient (Wildman–Crippen LogP) is 5.50. The average molecular weight is 667 g/mol. The molecule has 5 aromatic rings. The van der Waals surface area contributed by atoms with E-state index in [1.165, 1.54) is 19.0 Å². The Morgan fingerprint density at radius 2 is 1.92 bits per heavy atom. The number of likely N-dealkylation sites (tertiary alicyclic amines) is 1. The number of pyridine rings is 2. The van der Waals surface area contributed by atoms with Crippen LogP contribution in [0.25, 0.3) is 33.6 Å². The van der Waals surface area contributed by atoms with Gasteiger partial charge in [0.15, 0.2) is 5.82 Å². The van der Waals surface area contributed by atoms with Crippen LogP contribution in [0.5, 0.6) is 5.75 Å². The zero-order valence-corrected chi connectivity index (χ0v) is 28.1. The highest BCUT2D eigenvalue weighted by molar-refractivity contribution is 6.29. The number of nitrogens with zero attached hydrogens (tertiary/aromatic N) is 6. The number of amides is 2. The van der Waals surface area contributed by atoms with Crippen molar-refractivity contribution in [3.63, 3.8) is 0 Å². The van der Waals surface area contributed by atoms with Crippen LogP contribution in [-0.4, -0.2) is 66.5 Å². The number of piperidine rings is 1. The summed E-state index contributed by atoms with van der Waals surface area (Å²) < 4.78 is 10.2. The minimum absolute atomic E-state index is 0.0160. The third kappa shape index (κ3) is 5.38. The monoisotopic (exact) mass is 666 g/mol. The van der Waals surface area contributed by atoms with Crippen LogP contribution in [0.4, 0.5) is 0 Å². The van der Waals surface area contributed by atoms with Gasteiger partial charge in [0, 0.05) is 49.4 Å². The minimum atomic E-state index is -0.342. The first-order valence-corrected chi connectivity index (χ1v) is 17.1. The van der Waals surface area contributed by atoms with Crippen LogP contribution < -0.4 is 15.8 Å². The second-order valence-corrected chi connectivity index (χ2v) is 14.1. The van der Waals surface area contributed by atoms with Gasteiger partial charge < -0.3 is 29.8 Å². The molecule has 248 valence electrons. The molecule has 4 atom stereocenters. The van der Waals surface area contributed by atoms with Gasteiger partial charge in [0.2, 0.25) is 0 Å². The van der Waals surface area contributed by atoms with Gasteiger partial charge in [0.1, 0.15) is 22.1 Å². The largest absolute Gasteiger partial charge is 0.494 e. The van der Waals surface area contributed by atoms with Gasteiger partial charge in [0.25, 0.3) is 11.8 Å². The molecule has 4 aromatic heterocycles. The number of hydrogen-bond donors (Lipinski definition) is 2. The second-order valence-electron chi connectivity index (χ2n) is 13.7. The topological polar surface area (TPSA) is 133 Å².